The molecule has 6 nitrogen and oxygen atoms in total. The topological polar surface area (TPSA) is 102 Å². The van der Waals surface area contributed by atoms with Crippen molar-refractivity contribution in [3.8, 4) is 11.8 Å². The molecule has 0 bridgehead atoms. The average Bonchev–Trinajstić information content (AvgIpc) is 2.45. The van der Waals surface area contributed by atoms with Gasteiger partial charge in [0, 0.05) is 5.70 Å². The molecule has 0 amide bonds. The minimum absolute atomic E-state index is 0.115. The third kappa shape index (κ3) is 3.85. The lowest BCUT2D eigenvalue weighted by molar-refractivity contribution is -0.117. The summed E-state index contributed by atoms with van der Waals surface area (Å²) in [6.45, 7) is 1.18. The van der Waals surface area contributed by atoms with Gasteiger partial charge in [-0.25, -0.2) is 4.79 Å². The van der Waals surface area contributed by atoms with E-state index in [2.05, 4.69) is 4.74 Å². The number of hydrogen-bond donors (Lipinski definition) is 1. The minimum atomic E-state index is -0.496. The summed E-state index contributed by atoms with van der Waals surface area (Å²) in [6, 6.07) is 7.83. The second-order valence-corrected chi connectivity index (χ2v) is 3.90. The van der Waals surface area contributed by atoms with E-state index in [0.29, 0.717) is 11.3 Å². The number of nitrogens with zero attached hydrogens (tertiary/aromatic N) is 1. The minimum Gasteiger partial charge on any atom is -0.485 e. The van der Waals surface area contributed by atoms with E-state index in [-0.39, 0.29) is 17.9 Å². The molecular formula is C14H14N2O4. The van der Waals surface area contributed by atoms with Crippen molar-refractivity contribution in [2.24, 2.45) is 5.73 Å². The fourth-order valence-electron chi connectivity index (χ4n) is 1.40. The van der Waals surface area contributed by atoms with Crippen molar-refractivity contribution >= 4 is 11.8 Å². The SMILES string of the molecule is COC(=O)c1ccc(OCC(=O)C(C#N)=C(C)N)cc1. The lowest BCUT2D eigenvalue weighted by Crippen LogP contribution is -2.16. The molecule has 0 radical (unpaired) electrons. The molecule has 104 valence electrons. The van der Waals surface area contributed by atoms with Gasteiger partial charge in [0.25, 0.3) is 0 Å². The van der Waals surface area contributed by atoms with Crippen LogP contribution in [0.3, 0.4) is 0 Å². The molecule has 0 aliphatic heterocycles. The molecule has 1 aromatic rings. The number of ketones is 1. The van der Waals surface area contributed by atoms with Gasteiger partial charge in [0.05, 0.1) is 12.7 Å². The van der Waals surface area contributed by atoms with E-state index < -0.39 is 11.8 Å². The first-order valence-corrected chi connectivity index (χ1v) is 5.70. The number of allylic oxidation sites excluding steroid dienone is 1. The summed E-state index contributed by atoms with van der Waals surface area (Å²) in [6.07, 6.45) is 0. The number of Topliss-reactive ketones (excluding diaryl/α,β-unsaturated/α-hetero) is 1. The van der Waals surface area contributed by atoms with Crippen molar-refractivity contribution < 1.29 is 19.1 Å². The third-order valence-corrected chi connectivity index (χ3v) is 2.43. The van der Waals surface area contributed by atoms with Gasteiger partial charge in [-0.3, -0.25) is 4.79 Å². The first-order valence-electron chi connectivity index (χ1n) is 5.70. The van der Waals surface area contributed by atoms with E-state index in [1.165, 1.54) is 38.3 Å². The van der Waals surface area contributed by atoms with Gasteiger partial charge >= 0.3 is 5.97 Å². The Balaban J connectivity index is 2.68. The van der Waals surface area contributed by atoms with Crippen LogP contribution in [0.2, 0.25) is 0 Å². The molecule has 1 aromatic carbocycles. The van der Waals surface area contributed by atoms with Crippen LogP contribution in [-0.2, 0) is 9.53 Å². The van der Waals surface area contributed by atoms with Crippen LogP contribution in [0.1, 0.15) is 17.3 Å². The zero-order valence-electron chi connectivity index (χ0n) is 11.2. The molecule has 0 heterocycles. The first-order chi connectivity index (χ1) is 9.49. The van der Waals surface area contributed by atoms with Crippen LogP contribution in [0, 0.1) is 11.3 Å². The van der Waals surface area contributed by atoms with Crippen molar-refractivity contribution in [3.05, 3.63) is 41.1 Å². The quantitative estimate of drug-likeness (QED) is 0.491. The van der Waals surface area contributed by atoms with Crippen LogP contribution < -0.4 is 10.5 Å². The Labute approximate surface area is 116 Å². The molecule has 0 fully saturated rings. The zero-order chi connectivity index (χ0) is 15.1. The highest BCUT2D eigenvalue weighted by molar-refractivity contribution is 6.00. The molecule has 6 heteroatoms. The fraction of sp³-hybridized carbons (Fsp3) is 0.214. The van der Waals surface area contributed by atoms with Gasteiger partial charge in [0.1, 0.15) is 17.4 Å². The highest BCUT2D eigenvalue weighted by Crippen LogP contribution is 2.13. The molecule has 0 spiro atoms. The predicted octanol–water partition coefficient (Wildman–Crippen LogP) is 1.18. The number of nitrogens with two attached hydrogens (primary N) is 1. The zero-order valence-corrected chi connectivity index (χ0v) is 11.2. The second-order valence-electron chi connectivity index (χ2n) is 3.90. The molecule has 0 aliphatic carbocycles. The number of nitriles is 1. The van der Waals surface area contributed by atoms with E-state index in [4.69, 9.17) is 15.7 Å². The maximum absolute atomic E-state index is 11.7. The van der Waals surface area contributed by atoms with Crippen LogP contribution in [0.4, 0.5) is 0 Å². The van der Waals surface area contributed by atoms with Crippen molar-refractivity contribution in [3.63, 3.8) is 0 Å². The lowest BCUT2D eigenvalue weighted by Gasteiger charge is -2.06. The normalized spacial score (nSPS) is 11.1. The first kappa shape index (κ1) is 15.2. The van der Waals surface area contributed by atoms with E-state index in [1.54, 1.807) is 6.07 Å². The molecule has 0 aromatic heterocycles. The van der Waals surface area contributed by atoms with Gasteiger partial charge in [-0.1, -0.05) is 0 Å². The Kier molecular flexibility index (Phi) is 5.30. The number of methoxy groups -OCH3 is 1. The lowest BCUT2D eigenvalue weighted by atomic mass is 10.1. The third-order valence-electron chi connectivity index (χ3n) is 2.43. The van der Waals surface area contributed by atoms with Crippen LogP contribution in [0.25, 0.3) is 0 Å². The summed E-state index contributed by atoms with van der Waals surface area (Å²) >= 11 is 0. The smallest absolute Gasteiger partial charge is 0.337 e. The highest BCUT2D eigenvalue weighted by Gasteiger charge is 2.12. The molecule has 2 N–H and O–H groups in total. The molecule has 0 unspecified atom stereocenters. The van der Waals surface area contributed by atoms with Crippen molar-refractivity contribution in [2.75, 3.05) is 13.7 Å². The van der Waals surface area contributed by atoms with Crippen molar-refractivity contribution in [1.29, 1.82) is 5.26 Å². The summed E-state index contributed by atoms with van der Waals surface area (Å²) in [4.78, 5) is 22.9. The maximum Gasteiger partial charge on any atom is 0.337 e. The standard InChI is InChI=1S/C14H14N2O4/c1-9(16)12(7-15)13(17)8-20-11-5-3-10(4-6-11)14(18)19-2/h3-6H,8,16H2,1-2H3. The van der Waals surface area contributed by atoms with Crippen molar-refractivity contribution in [1.82, 2.24) is 0 Å². The molecule has 0 atom stereocenters. The van der Waals surface area contributed by atoms with Crippen LogP contribution in [0.15, 0.2) is 35.5 Å². The van der Waals surface area contributed by atoms with Gasteiger partial charge in [0.15, 0.2) is 6.61 Å². The average molecular weight is 274 g/mol. The number of esters is 1. The summed E-state index contributed by atoms with van der Waals surface area (Å²) in [5.74, 6) is -0.552. The molecule has 0 saturated heterocycles. The highest BCUT2D eigenvalue weighted by atomic mass is 16.5. The number of rotatable bonds is 5. The van der Waals surface area contributed by atoms with Gasteiger partial charge < -0.3 is 15.2 Å². The number of carbonyl (C=O) groups excluding carboxylic acids is 2. The molecule has 20 heavy (non-hydrogen) atoms. The van der Waals surface area contributed by atoms with Crippen molar-refractivity contribution in [2.45, 2.75) is 6.92 Å². The van der Waals surface area contributed by atoms with Gasteiger partial charge in [-0.2, -0.15) is 5.26 Å². The largest absolute Gasteiger partial charge is 0.485 e. The molecule has 1 rings (SSSR count). The Morgan fingerprint density at radius 2 is 1.90 bits per heavy atom. The monoisotopic (exact) mass is 274 g/mol. The van der Waals surface area contributed by atoms with Gasteiger partial charge in [0.2, 0.25) is 5.78 Å². The summed E-state index contributed by atoms with van der Waals surface area (Å²) in [5, 5.41) is 8.77. The molecule has 0 aliphatic rings. The predicted molar refractivity (Wildman–Crippen MR) is 70.8 cm³/mol. The van der Waals surface area contributed by atoms with E-state index in [0.717, 1.165) is 0 Å². The van der Waals surface area contributed by atoms with E-state index >= 15 is 0 Å². The summed E-state index contributed by atoms with van der Waals surface area (Å²) in [7, 11) is 1.29. The maximum atomic E-state index is 11.7. The van der Waals surface area contributed by atoms with Crippen LogP contribution in [0.5, 0.6) is 5.75 Å². The van der Waals surface area contributed by atoms with E-state index in [9.17, 15) is 9.59 Å². The second kappa shape index (κ2) is 6.95. The summed E-state index contributed by atoms with van der Waals surface area (Å²) in [5.41, 5.74) is 5.83. The Hall–Kier alpha value is -2.81. The number of ether oxygens (including phenoxy) is 2. The van der Waals surface area contributed by atoms with Crippen LogP contribution >= 0.6 is 0 Å². The Morgan fingerprint density at radius 3 is 2.35 bits per heavy atom. The Bertz CT molecular complexity index is 578. The van der Waals surface area contributed by atoms with E-state index in [1.807, 2.05) is 0 Å². The fourth-order valence-corrected chi connectivity index (χ4v) is 1.40. The van der Waals surface area contributed by atoms with Crippen LogP contribution in [-0.4, -0.2) is 25.5 Å². The van der Waals surface area contributed by atoms with Gasteiger partial charge in [-0.05, 0) is 31.2 Å². The number of hydrogen-bond acceptors (Lipinski definition) is 6. The Morgan fingerprint density at radius 1 is 1.30 bits per heavy atom. The molecular weight excluding hydrogens is 260 g/mol. The molecule has 0 saturated carbocycles. The van der Waals surface area contributed by atoms with Gasteiger partial charge in [-0.15, -0.1) is 0 Å². The number of benzene rings is 1. The summed E-state index contributed by atoms with van der Waals surface area (Å²) < 4.78 is 9.78. The number of carbonyl (C=O) groups is 2.